The Bertz CT molecular complexity index is 1800. The fourth-order valence-electron chi connectivity index (χ4n) is 12.5. The van der Waals surface area contributed by atoms with Crippen LogP contribution in [0.2, 0.25) is 0 Å². The molecule has 12 nitrogen and oxygen atoms in total. The van der Waals surface area contributed by atoms with Crippen LogP contribution in [-0.4, -0.2) is 66.6 Å². The van der Waals surface area contributed by atoms with E-state index < -0.39 is 0 Å². The van der Waals surface area contributed by atoms with Crippen LogP contribution in [0.3, 0.4) is 0 Å². The molecule has 4 aromatic rings. The Morgan fingerprint density at radius 1 is 0.415 bits per heavy atom. The van der Waals surface area contributed by atoms with Crippen LogP contribution < -0.4 is 78.5 Å². The summed E-state index contributed by atoms with van der Waals surface area (Å²) in [5, 5.41) is 20.9. The third kappa shape index (κ3) is 9.86. The Morgan fingerprint density at radius 2 is 0.631 bits per heavy atom. The number of rotatable bonds is 12. The number of nitrogens with zero attached hydrogens (tertiary/aromatic N) is 10. The van der Waals surface area contributed by atoms with E-state index in [-0.39, 0.29) is 139 Å². The van der Waals surface area contributed by atoms with Crippen molar-refractivity contribution < 1.29 is 85.0 Å². The second-order valence-electron chi connectivity index (χ2n) is 17.9. The van der Waals surface area contributed by atoms with Gasteiger partial charge in [-0.1, -0.05) is 50.0 Å². The molecule has 9 heterocycles. The average molecular weight is 1020 g/mol. The molecule has 4 aromatic heterocycles. The molecule has 361 valence electrons. The summed E-state index contributed by atoms with van der Waals surface area (Å²) < 4.78 is 20.0. The zero-order valence-electron chi connectivity index (χ0n) is 39.7. The second-order valence-corrected chi connectivity index (χ2v) is 17.9. The molecule has 8 bridgehead atoms. The van der Waals surface area contributed by atoms with Gasteiger partial charge < -0.3 is 70.9 Å². The summed E-state index contributed by atoms with van der Waals surface area (Å²) in [7, 11) is 0. The molecule has 17 heteroatoms. The Hall–Kier alpha value is -2.16. The molecule has 2 N–H and O–H groups in total. The van der Waals surface area contributed by atoms with Crippen LogP contribution in [0.4, 0.5) is 0 Å². The zero-order valence-corrected chi connectivity index (χ0v) is 43.9. The number of halogens is 4. The van der Waals surface area contributed by atoms with Gasteiger partial charge >= 0.3 is 17.1 Å². The maximum Gasteiger partial charge on any atom is 2.00 e. The van der Waals surface area contributed by atoms with Gasteiger partial charge in [-0.15, -0.1) is 24.2 Å². The molecular weight excluding hydrogens is 941 g/mol. The third-order valence-electron chi connectivity index (χ3n) is 15.3. The SMILES string of the molecule is CCn1cc[n+](CC)c1C1C2CCC([N-]2)C(c2n(CC)cc[n+]2CC)C2C=CC(N2)C(c2n(CC)cc[n+]2CC)C2CCC([N-]2)C(c2n(CC)cc[n+]2CC)C2C=CC1N2.[Cl-].[Cl-].[Cl-].[Cl-].[Mn+2]. The van der Waals surface area contributed by atoms with E-state index in [1.807, 2.05) is 0 Å². The molecule has 0 amide bonds. The second kappa shape index (κ2) is 23.9. The van der Waals surface area contributed by atoms with E-state index in [0.29, 0.717) is 0 Å². The first-order valence-electron chi connectivity index (χ1n) is 24.0. The molecule has 5 aliphatic rings. The van der Waals surface area contributed by atoms with E-state index >= 15 is 0 Å². The van der Waals surface area contributed by atoms with Gasteiger partial charge in [-0.25, -0.2) is 36.5 Å². The Labute approximate surface area is 424 Å². The Kier molecular flexibility index (Phi) is 20.4. The van der Waals surface area contributed by atoms with Gasteiger partial charge in [0.1, 0.15) is 49.6 Å². The fraction of sp³-hybridized carbons (Fsp3) is 0.667. The smallest absolute Gasteiger partial charge is 1.00 e. The number of imidazole rings is 4. The predicted molar refractivity (Wildman–Crippen MR) is 235 cm³/mol. The van der Waals surface area contributed by atoms with E-state index in [1.165, 1.54) is 23.3 Å². The summed E-state index contributed by atoms with van der Waals surface area (Å²) >= 11 is 0. The molecule has 0 spiro atoms. The Morgan fingerprint density at radius 3 is 0.815 bits per heavy atom. The quantitative estimate of drug-likeness (QED) is 0.0842. The van der Waals surface area contributed by atoms with Crippen LogP contribution in [0.5, 0.6) is 0 Å². The first kappa shape index (κ1) is 55.4. The topological polar surface area (TPSA) is 87.5 Å². The molecule has 12 atom stereocenters. The van der Waals surface area contributed by atoms with Crippen molar-refractivity contribution in [2.45, 2.75) is 205 Å². The van der Waals surface area contributed by atoms with Crippen molar-refractivity contribution in [2.75, 3.05) is 0 Å². The van der Waals surface area contributed by atoms with Gasteiger partial charge in [-0.2, -0.15) is 0 Å². The normalized spacial score (nSPS) is 30.0. The van der Waals surface area contributed by atoms with Crippen molar-refractivity contribution in [3.63, 3.8) is 0 Å². The summed E-state index contributed by atoms with van der Waals surface area (Å²) in [6, 6.07) is 1.38. The molecule has 0 saturated carbocycles. The summed E-state index contributed by atoms with van der Waals surface area (Å²) in [5.74, 6) is 6.44. The van der Waals surface area contributed by atoms with E-state index in [9.17, 15) is 0 Å². The van der Waals surface area contributed by atoms with Crippen molar-refractivity contribution in [1.29, 1.82) is 0 Å². The van der Waals surface area contributed by atoms with Crippen molar-refractivity contribution >= 4 is 0 Å². The minimum atomic E-state index is 0. The van der Waals surface area contributed by atoms with E-state index in [4.69, 9.17) is 10.6 Å². The van der Waals surface area contributed by atoms with Crippen molar-refractivity contribution in [2.24, 2.45) is 0 Å². The van der Waals surface area contributed by atoms with Gasteiger partial charge in [-0.3, -0.25) is 0 Å². The standard InChI is InChI=1S/C48H74N12.4ClH.Mn/c1-9-53-25-26-54(10-2)45(53)41-33-17-19-35(49-33)42(46-55(11-3)27-28-56(46)12-4)37-21-23-39(51-37)44(48-59(15-7)31-32-60(48)16-8)40-24-22-38(52-40)43(36-20-18-34(41)50-36)47-57(13-5)29-30-58(47)14-6;;;;;/h17,19,22,24-44,49,52H,9-16,18,20-21,23H2,1-8H3;4*1H;/q+2;;;;;+2/p-4. The van der Waals surface area contributed by atoms with Crippen LogP contribution in [0, 0.1) is 0 Å². The largest absolute Gasteiger partial charge is 2.00 e. The van der Waals surface area contributed by atoms with Gasteiger partial charge in [0.15, 0.2) is 0 Å². The van der Waals surface area contributed by atoms with Crippen molar-refractivity contribution in [3.05, 3.63) is 108 Å². The summed E-state index contributed by atoms with van der Waals surface area (Å²) in [5.41, 5.74) is 0. The van der Waals surface area contributed by atoms with Crippen molar-refractivity contribution in [1.82, 2.24) is 28.9 Å². The molecule has 9 rings (SSSR count). The molecule has 12 unspecified atom stereocenters. The van der Waals surface area contributed by atoms with Crippen molar-refractivity contribution in [3.8, 4) is 0 Å². The van der Waals surface area contributed by atoms with Crippen LogP contribution in [0.25, 0.3) is 10.6 Å². The molecule has 3 saturated heterocycles. The van der Waals surface area contributed by atoms with Crippen LogP contribution in [0.15, 0.2) is 73.9 Å². The van der Waals surface area contributed by atoms with Crippen LogP contribution >= 0.6 is 0 Å². The molecular formula is C48H74Cl4MnN12. The summed E-state index contributed by atoms with van der Waals surface area (Å²) in [6.45, 7) is 25.9. The molecule has 5 aliphatic heterocycles. The first-order chi connectivity index (χ1) is 29.4. The molecule has 65 heavy (non-hydrogen) atoms. The zero-order chi connectivity index (χ0) is 41.7. The number of fused-ring (bicyclic) bond motifs is 8. The first-order valence-corrected chi connectivity index (χ1v) is 24.0. The van der Waals surface area contributed by atoms with Gasteiger partial charge in [0.2, 0.25) is 0 Å². The van der Waals surface area contributed by atoms with E-state index in [1.54, 1.807) is 0 Å². The molecule has 3 fully saturated rings. The number of aryl methyl sites for hydroxylation is 8. The maximum atomic E-state index is 6.08. The molecule has 0 aliphatic carbocycles. The number of nitrogens with one attached hydrogen (secondary N) is 2. The average Bonchev–Trinajstić information content (AvgIpc) is 4.13. The predicted octanol–water partition coefficient (Wildman–Crippen LogP) is -6.73. The van der Waals surface area contributed by atoms with E-state index in [2.05, 4.69) is 176 Å². The van der Waals surface area contributed by atoms with Crippen LogP contribution in [0.1, 0.15) is 128 Å². The number of hydrogen-bond acceptors (Lipinski definition) is 2. The fourth-order valence-corrected chi connectivity index (χ4v) is 12.5. The minimum Gasteiger partial charge on any atom is -1.00 e. The van der Waals surface area contributed by atoms with Crippen LogP contribution in [-0.2, 0) is 69.4 Å². The van der Waals surface area contributed by atoms with E-state index in [0.717, 1.165) is 78.0 Å². The number of hydrogen-bond donors (Lipinski definition) is 2. The molecule has 0 aromatic carbocycles. The summed E-state index contributed by atoms with van der Waals surface area (Å²) in [6.07, 6.45) is 32.9. The van der Waals surface area contributed by atoms with Gasteiger partial charge in [0, 0.05) is 24.2 Å². The van der Waals surface area contributed by atoms with Gasteiger partial charge in [0.25, 0.3) is 23.3 Å². The number of aromatic nitrogens is 8. The monoisotopic (exact) mass is 1010 g/mol. The molecule has 1 radical (unpaired) electrons. The summed E-state index contributed by atoms with van der Waals surface area (Å²) in [4.78, 5) is 0. The Balaban J connectivity index is 0.00000185. The minimum absolute atomic E-state index is 0. The van der Waals surface area contributed by atoms with Gasteiger partial charge in [-0.05, 0) is 55.4 Å². The van der Waals surface area contributed by atoms with Gasteiger partial charge in [0.05, 0.1) is 76.0 Å². The third-order valence-corrected chi connectivity index (χ3v) is 15.3. The maximum absolute atomic E-state index is 6.08.